The largest absolute Gasteiger partial charge is 0.450 e. The molecule has 5 rings (SSSR count). The molecular weight excluding hydrogens is 352 g/mol. The van der Waals surface area contributed by atoms with Crippen LogP contribution in [-0.2, 0) is 19.1 Å². The fraction of sp³-hybridized carbons (Fsp3) is 0.500. The number of unbranched alkanes of at least 4 members (excludes halogenated alkanes) is 1. The summed E-state index contributed by atoms with van der Waals surface area (Å²) in [4.78, 5) is 25.4. The summed E-state index contributed by atoms with van der Waals surface area (Å²) in [5.74, 6) is 0.409. The number of carbonyl (C=O) groups is 2. The number of hydrogen-bond acceptors (Lipinski definition) is 4. The van der Waals surface area contributed by atoms with Crippen LogP contribution in [0.3, 0.4) is 0 Å². The molecule has 0 N–H and O–H groups in total. The van der Waals surface area contributed by atoms with Gasteiger partial charge in [-0.2, -0.15) is 0 Å². The minimum absolute atomic E-state index is 0.0267. The normalized spacial score (nSPS) is 34.2. The van der Waals surface area contributed by atoms with Gasteiger partial charge in [0.05, 0.1) is 11.1 Å². The Morgan fingerprint density at radius 2 is 2.07 bits per heavy atom. The summed E-state index contributed by atoms with van der Waals surface area (Å²) < 4.78 is 11.9. The molecule has 2 fully saturated rings. The van der Waals surface area contributed by atoms with E-state index in [-0.39, 0.29) is 23.8 Å². The molecule has 0 radical (unpaired) electrons. The van der Waals surface area contributed by atoms with Crippen LogP contribution in [-0.4, -0.2) is 17.5 Å². The van der Waals surface area contributed by atoms with Gasteiger partial charge in [-0.3, -0.25) is 0 Å². The third kappa shape index (κ3) is 2.17. The molecular formula is C24H26O4. The first-order valence-electron chi connectivity index (χ1n) is 10.6. The predicted molar refractivity (Wildman–Crippen MR) is 105 cm³/mol. The van der Waals surface area contributed by atoms with Gasteiger partial charge in [0.2, 0.25) is 0 Å². The average Bonchev–Trinajstić information content (AvgIpc) is 3.27. The maximum Gasteiger partial charge on any atom is 0.343 e. The third-order valence-corrected chi connectivity index (χ3v) is 6.88. The van der Waals surface area contributed by atoms with Crippen molar-refractivity contribution in [2.75, 3.05) is 0 Å². The summed E-state index contributed by atoms with van der Waals surface area (Å²) in [6, 6.07) is 0. The van der Waals surface area contributed by atoms with Gasteiger partial charge in [-0.05, 0) is 43.8 Å². The number of allylic oxidation sites excluding steroid dienone is 3. The molecule has 1 unspecified atom stereocenters. The molecule has 3 aliphatic carbocycles. The van der Waals surface area contributed by atoms with Crippen molar-refractivity contribution in [3.63, 3.8) is 0 Å². The molecule has 1 saturated heterocycles. The monoisotopic (exact) mass is 378 g/mol. The standard InChI is InChI=1S/C24H26O4/c1-3-5-11-20-21-16-12-14(13-17(21)22(25)27-20)24(18(16)8-4-2)19-10-7-6-9-15(19)23(26)28-24/h6,9,11,13-14,18H,3-5,7-8,10,12H2,1-2H3/b20-11-/t14-,18?,24-/m1/s1. The average molecular weight is 378 g/mol. The van der Waals surface area contributed by atoms with Crippen LogP contribution < -0.4 is 0 Å². The summed E-state index contributed by atoms with van der Waals surface area (Å²) in [6.07, 6.45) is 14.6. The van der Waals surface area contributed by atoms with E-state index >= 15 is 0 Å². The highest BCUT2D eigenvalue weighted by atomic mass is 16.6. The minimum atomic E-state index is -0.608. The topological polar surface area (TPSA) is 52.6 Å². The van der Waals surface area contributed by atoms with E-state index in [1.165, 1.54) is 5.57 Å². The lowest BCUT2D eigenvalue weighted by atomic mass is 9.73. The number of rotatable bonds is 4. The molecule has 3 atom stereocenters. The zero-order valence-electron chi connectivity index (χ0n) is 16.5. The van der Waals surface area contributed by atoms with Gasteiger partial charge < -0.3 is 9.47 Å². The Morgan fingerprint density at radius 3 is 2.86 bits per heavy atom. The summed E-state index contributed by atoms with van der Waals surface area (Å²) >= 11 is 0. The molecule has 0 aromatic carbocycles. The van der Waals surface area contributed by atoms with Crippen LogP contribution in [0.2, 0.25) is 0 Å². The quantitative estimate of drug-likeness (QED) is 0.657. The smallest absolute Gasteiger partial charge is 0.343 e. The van der Waals surface area contributed by atoms with Gasteiger partial charge in [0, 0.05) is 17.4 Å². The van der Waals surface area contributed by atoms with Crippen LogP contribution in [0.15, 0.2) is 57.9 Å². The van der Waals surface area contributed by atoms with E-state index in [4.69, 9.17) is 9.47 Å². The van der Waals surface area contributed by atoms with Gasteiger partial charge in [0.25, 0.3) is 0 Å². The molecule has 5 aliphatic rings. The van der Waals surface area contributed by atoms with Crippen molar-refractivity contribution in [3.05, 3.63) is 57.9 Å². The lowest BCUT2D eigenvalue weighted by Gasteiger charge is -2.37. The van der Waals surface area contributed by atoms with Crippen LogP contribution in [0, 0.1) is 11.8 Å². The summed E-state index contributed by atoms with van der Waals surface area (Å²) in [6.45, 7) is 4.29. The van der Waals surface area contributed by atoms with Crippen LogP contribution in [0.4, 0.5) is 0 Å². The van der Waals surface area contributed by atoms with E-state index in [1.807, 2.05) is 18.2 Å². The second-order valence-corrected chi connectivity index (χ2v) is 8.39. The SMILES string of the molecule is CCC/C=C1\OC(=O)C2=C[C@H]3CC(=C21)C(CCC)[C@]31OC(=O)C2=C1CCC=C2. The molecule has 4 heteroatoms. The molecule has 1 saturated carbocycles. The van der Waals surface area contributed by atoms with Crippen LogP contribution >= 0.6 is 0 Å². The fourth-order valence-corrected chi connectivity index (χ4v) is 5.84. The van der Waals surface area contributed by atoms with Gasteiger partial charge >= 0.3 is 11.9 Å². The maximum atomic E-state index is 12.8. The molecule has 28 heavy (non-hydrogen) atoms. The molecule has 2 bridgehead atoms. The third-order valence-electron chi connectivity index (χ3n) is 6.88. The van der Waals surface area contributed by atoms with Crippen LogP contribution in [0.1, 0.15) is 58.8 Å². The van der Waals surface area contributed by atoms with E-state index in [2.05, 4.69) is 19.9 Å². The Hall–Kier alpha value is -2.36. The molecule has 0 aromatic heterocycles. The van der Waals surface area contributed by atoms with Crippen LogP contribution in [0.5, 0.6) is 0 Å². The number of fused-ring (bicyclic) bond motifs is 5. The molecule has 4 nitrogen and oxygen atoms in total. The summed E-state index contributed by atoms with van der Waals surface area (Å²) in [7, 11) is 0. The first-order chi connectivity index (χ1) is 13.6. The molecule has 146 valence electrons. The molecule has 2 aliphatic heterocycles. The Bertz CT molecular complexity index is 926. The molecule has 2 heterocycles. The number of esters is 2. The van der Waals surface area contributed by atoms with Crippen molar-refractivity contribution in [3.8, 4) is 0 Å². The van der Waals surface area contributed by atoms with Crippen molar-refractivity contribution in [1.82, 2.24) is 0 Å². The Morgan fingerprint density at radius 1 is 1.21 bits per heavy atom. The summed E-state index contributed by atoms with van der Waals surface area (Å²) in [5.41, 5.74) is 4.23. The number of ether oxygens (including phenoxy) is 2. The van der Waals surface area contributed by atoms with E-state index in [9.17, 15) is 9.59 Å². The summed E-state index contributed by atoms with van der Waals surface area (Å²) in [5, 5.41) is 0. The van der Waals surface area contributed by atoms with Gasteiger partial charge in [-0.1, -0.05) is 50.5 Å². The van der Waals surface area contributed by atoms with Crippen molar-refractivity contribution in [2.24, 2.45) is 11.8 Å². The van der Waals surface area contributed by atoms with Gasteiger partial charge in [-0.25, -0.2) is 9.59 Å². The molecule has 0 amide bonds. The highest BCUT2D eigenvalue weighted by Crippen LogP contribution is 2.62. The van der Waals surface area contributed by atoms with Crippen LogP contribution in [0.25, 0.3) is 0 Å². The minimum Gasteiger partial charge on any atom is -0.450 e. The lowest BCUT2D eigenvalue weighted by molar-refractivity contribution is -0.151. The highest BCUT2D eigenvalue weighted by Gasteiger charge is 2.63. The zero-order chi connectivity index (χ0) is 19.5. The highest BCUT2D eigenvalue weighted by molar-refractivity contribution is 6.01. The number of cyclic esters (lactones) is 1. The van der Waals surface area contributed by atoms with E-state index in [0.717, 1.165) is 61.7 Å². The van der Waals surface area contributed by atoms with Crippen molar-refractivity contribution in [1.29, 1.82) is 0 Å². The Labute approximate surface area is 165 Å². The van der Waals surface area contributed by atoms with E-state index in [1.54, 1.807) is 0 Å². The number of carbonyl (C=O) groups excluding carboxylic acids is 2. The lowest BCUT2D eigenvalue weighted by Crippen LogP contribution is -2.42. The van der Waals surface area contributed by atoms with Crippen molar-refractivity contribution >= 4 is 11.9 Å². The fourth-order valence-electron chi connectivity index (χ4n) is 5.84. The van der Waals surface area contributed by atoms with Crippen molar-refractivity contribution in [2.45, 2.75) is 64.4 Å². The van der Waals surface area contributed by atoms with Crippen molar-refractivity contribution < 1.29 is 19.1 Å². The van der Waals surface area contributed by atoms with Gasteiger partial charge in [-0.15, -0.1) is 0 Å². The molecule has 0 aromatic rings. The Balaban J connectivity index is 1.70. The predicted octanol–water partition coefficient (Wildman–Crippen LogP) is 4.84. The van der Waals surface area contributed by atoms with Gasteiger partial charge in [0.15, 0.2) is 0 Å². The zero-order valence-corrected chi connectivity index (χ0v) is 16.5. The second-order valence-electron chi connectivity index (χ2n) is 8.39. The second kappa shape index (κ2) is 6.33. The maximum absolute atomic E-state index is 12.8. The van der Waals surface area contributed by atoms with E-state index in [0.29, 0.717) is 11.3 Å². The molecule has 1 spiro atoms. The first-order valence-corrected chi connectivity index (χ1v) is 10.6. The van der Waals surface area contributed by atoms with Gasteiger partial charge in [0.1, 0.15) is 11.4 Å². The van der Waals surface area contributed by atoms with E-state index < -0.39 is 5.60 Å². The Kier molecular flexibility index (Phi) is 4.01. The first kappa shape index (κ1) is 17.7. The number of hydrogen-bond donors (Lipinski definition) is 0.